The Balaban J connectivity index is 1.93. The number of carbonyl (C=O) groups is 2. The lowest BCUT2D eigenvalue weighted by Crippen LogP contribution is -2.21. The zero-order chi connectivity index (χ0) is 15.1. The highest BCUT2D eigenvalue weighted by atomic mass is 16.5. The van der Waals surface area contributed by atoms with Gasteiger partial charge in [0.1, 0.15) is 5.75 Å². The fraction of sp³-hybridized carbons (Fsp3) is 0.143. The third kappa shape index (κ3) is 4.57. The Morgan fingerprint density at radius 3 is 2.57 bits per heavy atom. The van der Waals surface area contributed by atoms with Crippen LogP contribution in [0.5, 0.6) is 5.75 Å². The molecule has 21 heavy (non-hydrogen) atoms. The molecule has 7 nitrogen and oxygen atoms in total. The number of hydrogen-bond acceptors (Lipinski definition) is 5. The van der Waals surface area contributed by atoms with Gasteiger partial charge in [-0.05, 0) is 12.1 Å². The number of anilines is 1. The molecule has 108 valence electrons. The van der Waals surface area contributed by atoms with E-state index in [0.717, 1.165) is 0 Å². The van der Waals surface area contributed by atoms with Gasteiger partial charge in [0.05, 0.1) is 6.42 Å². The topological polar surface area (TPSA) is 101 Å². The minimum absolute atomic E-state index is 0.167. The lowest BCUT2D eigenvalue weighted by molar-refractivity contribution is -0.136. The standard InChI is InChI=1S/C14H13N3O4/c18-12(17-14-15-6-3-7-16-14)9-21-11-5-2-1-4-10(11)8-13(19)20/h1-7H,8-9H2,(H,19,20)(H,15,16,17,18). The molecule has 0 saturated carbocycles. The van der Waals surface area contributed by atoms with Crippen molar-refractivity contribution < 1.29 is 19.4 Å². The molecule has 0 spiro atoms. The Labute approximate surface area is 120 Å². The van der Waals surface area contributed by atoms with Crippen LogP contribution < -0.4 is 10.1 Å². The Kier molecular flexibility index (Phi) is 4.81. The summed E-state index contributed by atoms with van der Waals surface area (Å²) in [6.07, 6.45) is 2.84. The molecule has 2 rings (SSSR count). The van der Waals surface area contributed by atoms with E-state index in [2.05, 4.69) is 15.3 Å². The lowest BCUT2D eigenvalue weighted by atomic mass is 10.1. The first-order chi connectivity index (χ1) is 10.1. The number of benzene rings is 1. The maximum Gasteiger partial charge on any atom is 0.307 e. The molecule has 0 aliphatic heterocycles. The number of nitrogens with one attached hydrogen (secondary N) is 1. The van der Waals surface area contributed by atoms with E-state index in [1.165, 1.54) is 12.4 Å². The van der Waals surface area contributed by atoms with Crippen molar-refractivity contribution in [3.8, 4) is 5.75 Å². The number of rotatable bonds is 6. The van der Waals surface area contributed by atoms with E-state index in [1.54, 1.807) is 30.3 Å². The van der Waals surface area contributed by atoms with Gasteiger partial charge in [-0.15, -0.1) is 0 Å². The number of aliphatic carboxylic acids is 1. The SMILES string of the molecule is O=C(O)Cc1ccccc1OCC(=O)Nc1ncccn1. The molecule has 0 atom stereocenters. The highest BCUT2D eigenvalue weighted by Crippen LogP contribution is 2.18. The van der Waals surface area contributed by atoms with Gasteiger partial charge in [-0.25, -0.2) is 9.97 Å². The lowest BCUT2D eigenvalue weighted by Gasteiger charge is -2.09. The number of carbonyl (C=O) groups excluding carboxylic acids is 1. The van der Waals surface area contributed by atoms with Crippen LogP contribution in [0.15, 0.2) is 42.7 Å². The molecule has 0 radical (unpaired) electrons. The van der Waals surface area contributed by atoms with Crippen molar-refractivity contribution in [1.82, 2.24) is 9.97 Å². The molecule has 0 fully saturated rings. The molecule has 7 heteroatoms. The molecule has 0 bridgehead atoms. The molecule has 2 N–H and O–H groups in total. The van der Waals surface area contributed by atoms with Crippen molar-refractivity contribution in [3.05, 3.63) is 48.3 Å². The molecule has 1 amide bonds. The van der Waals surface area contributed by atoms with Crippen molar-refractivity contribution in [2.24, 2.45) is 0 Å². The molecule has 1 aromatic carbocycles. The molecular formula is C14H13N3O4. The normalized spacial score (nSPS) is 9.90. The average molecular weight is 287 g/mol. The highest BCUT2D eigenvalue weighted by molar-refractivity contribution is 5.90. The molecule has 0 saturated heterocycles. The summed E-state index contributed by atoms with van der Waals surface area (Å²) in [6.45, 7) is -0.255. The van der Waals surface area contributed by atoms with Crippen molar-refractivity contribution in [1.29, 1.82) is 0 Å². The molecule has 0 aliphatic carbocycles. The summed E-state index contributed by atoms with van der Waals surface area (Å²) in [5.74, 6) is -0.839. The average Bonchev–Trinajstić information content (AvgIpc) is 2.47. The minimum Gasteiger partial charge on any atom is -0.483 e. The van der Waals surface area contributed by atoms with Crippen LogP contribution in [0.4, 0.5) is 5.95 Å². The van der Waals surface area contributed by atoms with E-state index in [-0.39, 0.29) is 19.0 Å². The van der Waals surface area contributed by atoms with Gasteiger partial charge in [0.2, 0.25) is 5.95 Å². The third-order valence-electron chi connectivity index (χ3n) is 2.49. The van der Waals surface area contributed by atoms with Gasteiger partial charge >= 0.3 is 5.97 Å². The first kappa shape index (κ1) is 14.4. The van der Waals surface area contributed by atoms with E-state index >= 15 is 0 Å². The summed E-state index contributed by atoms with van der Waals surface area (Å²) in [7, 11) is 0. The quantitative estimate of drug-likeness (QED) is 0.825. The molecule has 1 heterocycles. The number of carboxylic acid groups (broad SMARTS) is 1. The second kappa shape index (κ2) is 6.99. The zero-order valence-electron chi connectivity index (χ0n) is 11.0. The van der Waals surface area contributed by atoms with Crippen molar-refractivity contribution in [3.63, 3.8) is 0 Å². The molecule has 2 aromatic rings. The number of nitrogens with zero attached hydrogens (tertiary/aromatic N) is 2. The van der Waals surface area contributed by atoms with Crippen molar-refractivity contribution in [2.45, 2.75) is 6.42 Å². The largest absolute Gasteiger partial charge is 0.483 e. The van der Waals surface area contributed by atoms with Gasteiger partial charge in [0.25, 0.3) is 5.91 Å². The van der Waals surface area contributed by atoms with Crippen LogP contribution in [0.3, 0.4) is 0 Å². The predicted octanol–water partition coefficient (Wildman–Crippen LogP) is 1.12. The van der Waals surface area contributed by atoms with Crippen LogP contribution in [-0.4, -0.2) is 33.6 Å². The number of aromatic nitrogens is 2. The van der Waals surface area contributed by atoms with Gasteiger partial charge < -0.3 is 9.84 Å². The molecule has 1 aromatic heterocycles. The number of para-hydroxylation sites is 1. The molecule has 0 aliphatic rings. The Morgan fingerprint density at radius 1 is 1.14 bits per heavy atom. The second-order valence-electron chi connectivity index (χ2n) is 4.09. The van der Waals surface area contributed by atoms with E-state index in [0.29, 0.717) is 11.3 Å². The maximum absolute atomic E-state index is 11.7. The smallest absolute Gasteiger partial charge is 0.307 e. The summed E-state index contributed by atoms with van der Waals surface area (Å²) in [4.78, 5) is 30.1. The van der Waals surface area contributed by atoms with Crippen LogP contribution in [0.25, 0.3) is 0 Å². The zero-order valence-corrected chi connectivity index (χ0v) is 11.0. The highest BCUT2D eigenvalue weighted by Gasteiger charge is 2.10. The van der Waals surface area contributed by atoms with Gasteiger partial charge in [-0.3, -0.25) is 14.9 Å². The second-order valence-corrected chi connectivity index (χ2v) is 4.09. The predicted molar refractivity (Wildman–Crippen MR) is 73.9 cm³/mol. The summed E-state index contributed by atoms with van der Waals surface area (Å²) in [5, 5.41) is 11.3. The molecule has 0 unspecified atom stereocenters. The van der Waals surface area contributed by atoms with Crippen LogP contribution in [0, 0.1) is 0 Å². The van der Waals surface area contributed by atoms with E-state index in [4.69, 9.17) is 9.84 Å². The Bertz CT molecular complexity index is 631. The number of amides is 1. The van der Waals surface area contributed by atoms with E-state index < -0.39 is 11.9 Å². The van der Waals surface area contributed by atoms with Gasteiger partial charge in [-0.1, -0.05) is 18.2 Å². The van der Waals surface area contributed by atoms with Crippen LogP contribution >= 0.6 is 0 Å². The number of hydrogen-bond donors (Lipinski definition) is 2. The number of ether oxygens (including phenoxy) is 1. The molecular weight excluding hydrogens is 274 g/mol. The van der Waals surface area contributed by atoms with Gasteiger partial charge in [0, 0.05) is 18.0 Å². The summed E-state index contributed by atoms with van der Waals surface area (Å²) >= 11 is 0. The van der Waals surface area contributed by atoms with Crippen LogP contribution in [0.2, 0.25) is 0 Å². The monoisotopic (exact) mass is 287 g/mol. The first-order valence-corrected chi connectivity index (χ1v) is 6.14. The van der Waals surface area contributed by atoms with Gasteiger partial charge in [-0.2, -0.15) is 0 Å². The number of carboxylic acids is 1. The van der Waals surface area contributed by atoms with Gasteiger partial charge in [0.15, 0.2) is 6.61 Å². The fourth-order valence-corrected chi connectivity index (χ4v) is 1.62. The maximum atomic E-state index is 11.7. The fourth-order valence-electron chi connectivity index (χ4n) is 1.62. The van der Waals surface area contributed by atoms with Crippen molar-refractivity contribution >= 4 is 17.8 Å². The van der Waals surface area contributed by atoms with Crippen LogP contribution in [0.1, 0.15) is 5.56 Å². The minimum atomic E-state index is -0.965. The summed E-state index contributed by atoms with van der Waals surface area (Å²) in [6, 6.07) is 8.31. The van der Waals surface area contributed by atoms with Crippen LogP contribution in [-0.2, 0) is 16.0 Å². The third-order valence-corrected chi connectivity index (χ3v) is 2.49. The summed E-state index contributed by atoms with van der Waals surface area (Å²) in [5.41, 5.74) is 0.508. The Hall–Kier alpha value is -2.96. The first-order valence-electron chi connectivity index (χ1n) is 6.14. The summed E-state index contributed by atoms with van der Waals surface area (Å²) < 4.78 is 5.34. The van der Waals surface area contributed by atoms with Crippen molar-refractivity contribution in [2.75, 3.05) is 11.9 Å². The van der Waals surface area contributed by atoms with E-state index in [9.17, 15) is 9.59 Å². The Morgan fingerprint density at radius 2 is 1.86 bits per heavy atom. The van der Waals surface area contributed by atoms with E-state index in [1.807, 2.05) is 0 Å².